The number of nitrogens with zero attached hydrogens (tertiary/aromatic N) is 1. The maximum atomic E-state index is 12.1. The van der Waals surface area contributed by atoms with E-state index in [0.29, 0.717) is 0 Å². The molecule has 0 unspecified atom stereocenters. The van der Waals surface area contributed by atoms with E-state index in [9.17, 15) is 4.79 Å². The van der Waals surface area contributed by atoms with E-state index in [2.05, 4.69) is 39.6 Å². The van der Waals surface area contributed by atoms with Gasteiger partial charge in [0.2, 0.25) is 0 Å². The molecule has 1 aliphatic heterocycles. The minimum Gasteiger partial charge on any atom is -0.444 e. The molecule has 0 bridgehead atoms. The van der Waals surface area contributed by atoms with Crippen molar-refractivity contribution in [2.24, 2.45) is 5.41 Å². The monoisotopic (exact) mass is 402 g/mol. The number of hydrogen-bond acceptors (Lipinski definition) is 4. The average Bonchev–Trinajstić information content (AvgIpc) is 2.83. The molecule has 130 valence electrons. The van der Waals surface area contributed by atoms with Crippen LogP contribution in [-0.4, -0.2) is 36.2 Å². The molecule has 6 heteroatoms. The van der Waals surface area contributed by atoms with Gasteiger partial charge in [-0.15, -0.1) is 11.3 Å². The van der Waals surface area contributed by atoms with Crippen molar-refractivity contribution in [3.63, 3.8) is 0 Å². The Morgan fingerprint density at radius 1 is 1.43 bits per heavy atom. The summed E-state index contributed by atoms with van der Waals surface area (Å²) < 4.78 is 6.60. The molecule has 4 nitrogen and oxygen atoms in total. The van der Waals surface area contributed by atoms with Gasteiger partial charge in [0.1, 0.15) is 5.60 Å². The number of amides is 1. The highest BCUT2D eigenvalue weighted by Gasteiger charge is 2.33. The van der Waals surface area contributed by atoms with Gasteiger partial charge in [0.25, 0.3) is 0 Å². The number of carbonyl (C=O) groups is 1. The van der Waals surface area contributed by atoms with Gasteiger partial charge in [-0.1, -0.05) is 6.92 Å². The normalized spacial score (nSPS) is 18.0. The zero-order chi connectivity index (χ0) is 17.1. The Morgan fingerprint density at radius 3 is 2.61 bits per heavy atom. The van der Waals surface area contributed by atoms with Crippen LogP contribution in [0.1, 0.15) is 45.4 Å². The van der Waals surface area contributed by atoms with Gasteiger partial charge in [0.15, 0.2) is 0 Å². The van der Waals surface area contributed by atoms with Crippen molar-refractivity contribution in [1.29, 1.82) is 0 Å². The lowest BCUT2D eigenvalue weighted by Gasteiger charge is -2.39. The predicted octanol–water partition coefficient (Wildman–Crippen LogP) is 4.64. The average molecular weight is 403 g/mol. The molecule has 0 spiro atoms. The van der Waals surface area contributed by atoms with Gasteiger partial charge < -0.3 is 15.0 Å². The minimum absolute atomic E-state index is 0.184. The van der Waals surface area contributed by atoms with Gasteiger partial charge in [-0.3, -0.25) is 0 Å². The summed E-state index contributed by atoms with van der Waals surface area (Å²) in [6.07, 6.45) is 1.83. The SMILES string of the molecule is CC1(CNCc2cc(Br)cs2)CCN(C(=O)OC(C)(C)C)CC1. The largest absolute Gasteiger partial charge is 0.444 e. The molecular weight excluding hydrogens is 376 g/mol. The van der Waals surface area contributed by atoms with Crippen LogP contribution in [0.25, 0.3) is 0 Å². The molecule has 1 aromatic heterocycles. The van der Waals surface area contributed by atoms with E-state index in [-0.39, 0.29) is 11.5 Å². The van der Waals surface area contributed by atoms with E-state index in [1.807, 2.05) is 25.7 Å². The molecule has 1 amide bonds. The lowest BCUT2D eigenvalue weighted by Crippen LogP contribution is -2.47. The Hall–Kier alpha value is -0.590. The van der Waals surface area contributed by atoms with Crippen LogP contribution in [0.2, 0.25) is 0 Å². The van der Waals surface area contributed by atoms with Crippen molar-refractivity contribution >= 4 is 33.4 Å². The maximum absolute atomic E-state index is 12.1. The highest BCUT2D eigenvalue weighted by Crippen LogP contribution is 2.31. The fraction of sp³-hybridized carbons (Fsp3) is 0.706. The van der Waals surface area contributed by atoms with Crippen molar-refractivity contribution in [3.05, 3.63) is 20.8 Å². The van der Waals surface area contributed by atoms with Gasteiger partial charge in [-0.25, -0.2) is 4.79 Å². The lowest BCUT2D eigenvalue weighted by molar-refractivity contribution is 0.0119. The molecule has 2 rings (SSSR count). The van der Waals surface area contributed by atoms with E-state index in [1.165, 1.54) is 4.88 Å². The number of piperidine rings is 1. The summed E-state index contributed by atoms with van der Waals surface area (Å²) in [5, 5.41) is 5.67. The first kappa shape index (κ1) is 18.7. The van der Waals surface area contributed by atoms with Gasteiger partial charge >= 0.3 is 6.09 Å². The summed E-state index contributed by atoms with van der Waals surface area (Å²) >= 11 is 5.25. The summed E-state index contributed by atoms with van der Waals surface area (Å²) in [5.41, 5.74) is -0.179. The first-order chi connectivity index (χ1) is 10.7. The fourth-order valence-electron chi connectivity index (χ4n) is 2.67. The van der Waals surface area contributed by atoms with Gasteiger partial charge in [0.05, 0.1) is 0 Å². The smallest absolute Gasteiger partial charge is 0.410 e. The van der Waals surface area contributed by atoms with Crippen LogP contribution in [0.15, 0.2) is 15.9 Å². The van der Waals surface area contributed by atoms with E-state index in [1.54, 1.807) is 11.3 Å². The number of carbonyl (C=O) groups excluding carboxylic acids is 1. The molecule has 0 aromatic carbocycles. The number of halogens is 1. The Labute approximate surface area is 151 Å². The van der Waals surface area contributed by atoms with Crippen LogP contribution in [0.4, 0.5) is 4.79 Å². The zero-order valence-electron chi connectivity index (χ0n) is 14.4. The van der Waals surface area contributed by atoms with Gasteiger partial charge in [-0.2, -0.15) is 0 Å². The number of likely N-dealkylation sites (tertiary alicyclic amines) is 1. The fourth-order valence-corrected chi connectivity index (χ4v) is 4.09. The van der Waals surface area contributed by atoms with Crippen LogP contribution in [0.3, 0.4) is 0 Å². The molecule has 1 saturated heterocycles. The van der Waals surface area contributed by atoms with Crippen LogP contribution >= 0.6 is 27.3 Å². The molecule has 1 aliphatic rings. The second-order valence-electron chi connectivity index (χ2n) is 7.61. The number of thiophene rings is 1. The summed E-state index contributed by atoms with van der Waals surface area (Å²) in [5.74, 6) is 0. The van der Waals surface area contributed by atoms with E-state index in [4.69, 9.17) is 4.74 Å². The van der Waals surface area contributed by atoms with Crippen molar-refractivity contribution in [2.45, 2.75) is 52.7 Å². The Morgan fingerprint density at radius 2 is 2.09 bits per heavy atom. The number of rotatable bonds is 4. The second-order valence-corrected chi connectivity index (χ2v) is 9.52. The predicted molar refractivity (Wildman–Crippen MR) is 98.9 cm³/mol. The molecule has 23 heavy (non-hydrogen) atoms. The molecular formula is C17H27BrN2O2S. The van der Waals surface area contributed by atoms with E-state index < -0.39 is 5.60 Å². The number of ether oxygens (including phenoxy) is 1. The van der Waals surface area contributed by atoms with Crippen LogP contribution in [-0.2, 0) is 11.3 Å². The molecule has 0 atom stereocenters. The van der Waals surface area contributed by atoms with Gasteiger partial charge in [-0.05, 0) is 61.0 Å². The highest BCUT2D eigenvalue weighted by atomic mass is 79.9. The van der Waals surface area contributed by atoms with E-state index >= 15 is 0 Å². The number of hydrogen-bond donors (Lipinski definition) is 1. The molecule has 2 heterocycles. The number of nitrogens with one attached hydrogen (secondary N) is 1. The highest BCUT2D eigenvalue weighted by molar-refractivity contribution is 9.10. The molecule has 1 N–H and O–H groups in total. The van der Waals surface area contributed by atoms with E-state index in [0.717, 1.165) is 43.5 Å². The second kappa shape index (κ2) is 7.53. The summed E-state index contributed by atoms with van der Waals surface area (Å²) in [7, 11) is 0. The van der Waals surface area contributed by atoms with Crippen molar-refractivity contribution in [1.82, 2.24) is 10.2 Å². The standard InChI is InChI=1S/C17H27BrN2O2S/c1-16(2,3)22-15(21)20-7-5-17(4,6-8-20)12-19-10-14-9-13(18)11-23-14/h9,11,19H,5-8,10,12H2,1-4H3. The summed E-state index contributed by atoms with van der Waals surface area (Å²) in [4.78, 5) is 15.3. The third kappa shape index (κ3) is 6.08. The lowest BCUT2D eigenvalue weighted by atomic mass is 9.80. The Balaban J connectivity index is 1.74. The first-order valence-corrected chi connectivity index (χ1v) is 9.76. The minimum atomic E-state index is -0.422. The quantitative estimate of drug-likeness (QED) is 0.797. The van der Waals surface area contributed by atoms with Gasteiger partial charge in [0, 0.05) is 40.9 Å². The zero-order valence-corrected chi connectivity index (χ0v) is 16.8. The van der Waals surface area contributed by atoms with Crippen LogP contribution < -0.4 is 5.32 Å². The first-order valence-electron chi connectivity index (χ1n) is 8.08. The molecule has 1 fully saturated rings. The Kier molecular flexibility index (Phi) is 6.14. The summed E-state index contributed by atoms with van der Waals surface area (Å²) in [6, 6.07) is 2.16. The third-order valence-corrected chi connectivity index (χ3v) is 5.79. The summed E-state index contributed by atoms with van der Waals surface area (Å²) in [6.45, 7) is 11.5. The van der Waals surface area contributed by atoms with Crippen molar-refractivity contribution in [2.75, 3.05) is 19.6 Å². The molecule has 1 aromatic rings. The molecule has 0 aliphatic carbocycles. The maximum Gasteiger partial charge on any atom is 0.410 e. The van der Waals surface area contributed by atoms with Crippen LogP contribution in [0, 0.1) is 5.41 Å². The third-order valence-electron chi connectivity index (χ3n) is 4.10. The van der Waals surface area contributed by atoms with Crippen LogP contribution in [0.5, 0.6) is 0 Å². The topological polar surface area (TPSA) is 41.6 Å². The van der Waals surface area contributed by atoms with Crippen molar-refractivity contribution in [3.8, 4) is 0 Å². The Bertz CT molecular complexity index is 531. The molecule has 0 saturated carbocycles. The molecule has 0 radical (unpaired) electrons. The van der Waals surface area contributed by atoms with Crippen molar-refractivity contribution < 1.29 is 9.53 Å².